The lowest BCUT2D eigenvalue weighted by atomic mass is 10.0. The summed E-state index contributed by atoms with van der Waals surface area (Å²) >= 11 is 0. The molecule has 1 N–H and O–H groups in total. The van der Waals surface area contributed by atoms with E-state index in [2.05, 4.69) is 26.0 Å². The third-order valence-corrected chi connectivity index (χ3v) is 3.95. The fourth-order valence-corrected chi connectivity index (χ4v) is 2.48. The van der Waals surface area contributed by atoms with Crippen LogP contribution < -0.4 is 4.74 Å². The first kappa shape index (κ1) is 15.8. The van der Waals surface area contributed by atoms with Crippen LogP contribution in [0.15, 0.2) is 24.3 Å². The van der Waals surface area contributed by atoms with Gasteiger partial charge in [-0.3, -0.25) is 4.79 Å². The molecule has 0 spiro atoms. The molecule has 1 aromatic carbocycles. The summed E-state index contributed by atoms with van der Waals surface area (Å²) in [4.78, 5) is 13.8. The van der Waals surface area contributed by atoms with Gasteiger partial charge in [-0.1, -0.05) is 26.0 Å². The van der Waals surface area contributed by atoms with Gasteiger partial charge in [-0.15, -0.1) is 0 Å². The largest absolute Gasteiger partial charge is 0.493 e. The molecular weight excluding hydrogens is 266 g/mol. The van der Waals surface area contributed by atoms with E-state index < -0.39 is 0 Å². The van der Waals surface area contributed by atoms with Gasteiger partial charge in [0.05, 0.1) is 19.1 Å². The van der Waals surface area contributed by atoms with E-state index in [9.17, 15) is 9.90 Å². The van der Waals surface area contributed by atoms with Gasteiger partial charge in [-0.2, -0.15) is 0 Å². The SMILES string of the molecule is CC(C)c1ccc(OCCC(=O)N2CCC(O)CC2)cc1. The molecule has 0 unspecified atom stereocenters. The van der Waals surface area contributed by atoms with Crippen molar-refractivity contribution in [1.29, 1.82) is 0 Å². The number of hydrogen-bond donors (Lipinski definition) is 1. The highest BCUT2D eigenvalue weighted by Crippen LogP contribution is 2.19. The average molecular weight is 291 g/mol. The molecule has 1 amide bonds. The van der Waals surface area contributed by atoms with Crippen molar-refractivity contribution < 1.29 is 14.6 Å². The Hall–Kier alpha value is -1.55. The molecular formula is C17H25NO3. The van der Waals surface area contributed by atoms with Crippen molar-refractivity contribution in [3.8, 4) is 5.75 Å². The molecule has 2 rings (SSSR count). The fourth-order valence-electron chi connectivity index (χ4n) is 2.48. The minimum absolute atomic E-state index is 0.112. The summed E-state index contributed by atoms with van der Waals surface area (Å²) in [5.41, 5.74) is 1.28. The molecule has 116 valence electrons. The Morgan fingerprint density at radius 1 is 1.29 bits per heavy atom. The van der Waals surface area contributed by atoms with Crippen LogP contribution in [0.25, 0.3) is 0 Å². The average Bonchev–Trinajstić information content (AvgIpc) is 2.48. The molecule has 21 heavy (non-hydrogen) atoms. The van der Waals surface area contributed by atoms with E-state index >= 15 is 0 Å². The molecule has 0 atom stereocenters. The van der Waals surface area contributed by atoms with Crippen LogP contribution in [0.3, 0.4) is 0 Å². The van der Waals surface area contributed by atoms with Crippen LogP contribution in [0.1, 0.15) is 44.6 Å². The molecule has 1 aliphatic heterocycles. The van der Waals surface area contributed by atoms with Gasteiger partial charge in [-0.25, -0.2) is 0 Å². The van der Waals surface area contributed by atoms with Crippen molar-refractivity contribution in [1.82, 2.24) is 4.90 Å². The van der Waals surface area contributed by atoms with Crippen molar-refractivity contribution >= 4 is 5.91 Å². The summed E-state index contributed by atoms with van der Waals surface area (Å²) in [7, 11) is 0. The highest BCUT2D eigenvalue weighted by atomic mass is 16.5. The maximum absolute atomic E-state index is 12.0. The van der Waals surface area contributed by atoms with Gasteiger partial charge in [0.15, 0.2) is 0 Å². The van der Waals surface area contributed by atoms with Crippen LogP contribution in [0, 0.1) is 0 Å². The third kappa shape index (κ3) is 4.74. The summed E-state index contributed by atoms with van der Waals surface area (Å²) in [6.07, 6.45) is 1.51. The second kappa shape index (κ2) is 7.46. The van der Waals surface area contributed by atoms with E-state index in [0.29, 0.717) is 44.9 Å². The predicted molar refractivity (Wildman–Crippen MR) is 82.5 cm³/mol. The van der Waals surface area contributed by atoms with Crippen LogP contribution in [0.2, 0.25) is 0 Å². The zero-order valence-corrected chi connectivity index (χ0v) is 12.9. The number of amides is 1. The monoisotopic (exact) mass is 291 g/mol. The maximum atomic E-state index is 12.0. The first-order valence-electron chi connectivity index (χ1n) is 7.75. The highest BCUT2D eigenvalue weighted by molar-refractivity contribution is 5.76. The highest BCUT2D eigenvalue weighted by Gasteiger charge is 2.20. The number of likely N-dealkylation sites (tertiary alicyclic amines) is 1. The Labute approximate surface area is 126 Å². The minimum Gasteiger partial charge on any atom is -0.493 e. The molecule has 1 saturated heterocycles. The number of piperidine rings is 1. The summed E-state index contributed by atoms with van der Waals surface area (Å²) in [5.74, 6) is 1.43. The molecule has 0 aromatic heterocycles. The first-order valence-corrected chi connectivity index (χ1v) is 7.75. The van der Waals surface area contributed by atoms with Gasteiger partial charge in [0.1, 0.15) is 5.75 Å². The van der Waals surface area contributed by atoms with Gasteiger partial charge in [0.2, 0.25) is 5.91 Å². The predicted octanol–water partition coefficient (Wildman–Crippen LogP) is 2.56. The van der Waals surface area contributed by atoms with Gasteiger partial charge in [0.25, 0.3) is 0 Å². The minimum atomic E-state index is -0.246. The molecule has 4 heteroatoms. The smallest absolute Gasteiger partial charge is 0.226 e. The molecule has 4 nitrogen and oxygen atoms in total. The van der Waals surface area contributed by atoms with Crippen LogP contribution in [0.4, 0.5) is 0 Å². The number of aliphatic hydroxyl groups excluding tert-OH is 1. The number of nitrogens with zero attached hydrogens (tertiary/aromatic N) is 1. The molecule has 1 heterocycles. The summed E-state index contributed by atoms with van der Waals surface area (Å²) in [6, 6.07) is 8.04. The number of carbonyl (C=O) groups excluding carboxylic acids is 1. The number of hydrogen-bond acceptors (Lipinski definition) is 3. The van der Waals surface area contributed by atoms with Crippen molar-refractivity contribution in [2.24, 2.45) is 0 Å². The zero-order valence-electron chi connectivity index (χ0n) is 12.9. The standard InChI is InChI=1S/C17H25NO3/c1-13(2)14-3-5-16(6-4-14)21-12-9-17(20)18-10-7-15(19)8-11-18/h3-6,13,15,19H,7-12H2,1-2H3. The van der Waals surface area contributed by atoms with E-state index in [0.717, 1.165) is 5.75 Å². The van der Waals surface area contributed by atoms with E-state index in [4.69, 9.17) is 4.74 Å². The summed E-state index contributed by atoms with van der Waals surface area (Å²) < 4.78 is 5.63. The molecule has 0 bridgehead atoms. The fraction of sp³-hybridized carbons (Fsp3) is 0.588. The summed E-state index contributed by atoms with van der Waals surface area (Å²) in [6.45, 7) is 6.03. The van der Waals surface area contributed by atoms with Crippen molar-refractivity contribution in [3.05, 3.63) is 29.8 Å². The number of aliphatic hydroxyl groups is 1. The van der Waals surface area contributed by atoms with Crippen LogP contribution in [-0.2, 0) is 4.79 Å². The lowest BCUT2D eigenvalue weighted by Crippen LogP contribution is -2.40. The van der Waals surface area contributed by atoms with Crippen molar-refractivity contribution in [2.45, 2.75) is 45.1 Å². The molecule has 0 saturated carbocycles. The van der Waals surface area contributed by atoms with Crippen LogP contribution in [-0.4, -0.2) is 41.7 Å². The number of ether oxygens (including phenoxy) is 1. The Morgan fingerprint density at radius 2 is 1.90 bits per heavy atom. The molecule has 0 radical (unpaired) electrons. The number of benzene rings is 1. The zero-order chi connectivity index (χ0) is 15.2. The first-order chi connectivity index (χ1) is 10.1. The Kier molecular flexibility index (Phi) is 5.62. The van der Waals surface area contributed by atoms with Gasteiger partial charge < -0.3 is 14.7 Å². The Bertz CT molecular complexity index is 448. The van der Waals surface area contributed by atoms with Crippen LogP contribution in [0.5, 0.6) is 5.75 Å². The van der Waals surface area contributed by atoms with Crippen molar-refractivity contribution in [3.63, 3.8) is 0 Å². The molecule has 1 fully saturated rings. The normalized spacial score (nSPS) is 16.3. The molecule has 1 aliphatic rings. The maximum Gasteiger partial charge on any atom is 0.226 e. The Balaban J connectivity index is 1.72. The van der Waals surface area contributed by atoms with E-state index in [1.54, 1.807) is 0 Å². The molecule has 1 aromatic rings. The van der Waals surface area contributed by atoms with Crippen LogP contribution >= 0.6 is 0 Å². The molecule has 0 aliphatic carbocycles. The number of rotatable bonds is 5. The van der Waals surface area contributed by atoms with Gasteiger partial charge in [-0.05, 0) is 36.5 Å². The lowest BCUT2D eigenvalue weighted by Gasteiger charge is -2.29. The quantitative estimate of drug-likeness (QED) is 0.907. The van der Waals surface area contributed by atoms with Gasteiger partial charge in [0, 0.05) is 13.1 Å². The topological polar surface area (TPSA) is 49.8 Å². The van der Waals surface area contributed by atoms with E-state index in [-0.39, 0.29) is 12.0 Å². The van der Waals surface area contributed by atoms with E-state index in [1.165, 1.54) is 5.56 Å². The number of carbonyl (C=O) groups is 1. The lowest BCUT2D eigenvalue weighted by molar-refractivity contribution is -0.133. The van der Waals surface area contributed by atoms with Crippen molar-refractivity contribution in [2.75, 3.05) is 19.7 Å². The third-order valence-electron chi connectivity index (χ3n) is 3.95. The second-order valence-electron chi connectivity index (χ2n) is 5.93. The van der Waals surface area contributed by atoms with E-state index in [1.807, 2.05) is 17.0 Å². The Morgan fingerprint density at radius 3 is 2.48 bits per heavy atom. The second-order valence-corrected chi connectivity index (χ2v) is 5.93. The summed E-state index contributed by atoms with van der Waals surface area (Å²) in [5, 5.41) is 9.43. The van der Waals surface area contributed by atoms with Gasteiger partial charge >= 0.3 is 0 Å².